The Kier molecular flexibility index (Phi) is 5.52. The van der Waals surface area contributed by atoms with Gasteiger partial charge in [-0.25, -0.2) is 4.79 Å². The maximum Gasteiger partial charge on any atom is 0.371 e. The van der Waals surface area contributed by atoms with Gasteiger partial charge in [0.2, 0.25) is 11.7 Å². The molecule has 1 fully saturated rings. The van der Waals surface area contributed by atoms with Gasteiger partial charge in [0, 0.05) is 13.1 Å². The van der Waals surface area contributed by atoms with E-state index >= 15 is 0 Å². The highest BCUT2D eigenvalue weighted by Gasteiger charge is 2.16. The standard InChI is InChI=1S/C14H19NO4S/c16-12(15-8-4-2-1-3-5-9-15)10-20-13-7-6-11(19-13)14(17)18/h6-7H,1-5,8-10H2,(H,17,18). The van der Waals surface area contributed by atoms with E-state index in [1.807, 2.05) is 4.90 Å². The van der Waals surface area contributed by atoms with Crippen LogP contribution in [0.1, 0.15) is 42.7 Å². The molecule has 1 aromatic rings. The Labute approximate surface area is 122 Å². The minimum atomic E-state index is -1.09. The third-order valence-corrected chi connectivity index (χ3v) is 4.23. The van der Waals surface area contributed by atoms with Crippen molar-refractivity contribution in [2.45, 2.75) is 37.2 Å². The van der Waals surface area contributed by atoms with Crippen molar-refractivity contribution in [3.05, 3.63) is 17.9 Å². The van der Waals surface area contributed by atoms with Crippen molar-refractivity contribution in [2.24, 2.45) is 0 Å². The zero-order valence-electron chi connectivity index (χ0n) is 11.3. The van der Waals surface area contributed by atoms with Crippen LogP contribution in [0.2, 0.25) is 0 Å². The zero-order chi connectivity index (χ0) is 14.4. The van der Waals surface area contributed by atoms with E-state index < -0.39 is 5.97 Å². The summed E-state index contributed by atoms with van der Waals surface area (Å²) in [5.74, 6) is -0.782. The van der Waals surface area contributed by atoms with Crippen LogP contribution in [0.4, 0.5) is 0 Å². The molecule has 1 amide bonds. The normalized spacial score (nSPS) is 16.5. The summed E-state index contributed by atoms with van der Waals surface area (Å²) in [5.41, 5.74) is 0. The molecule has 0 radical (unpaired) electrons. The van der Waals surface area contributed by atoms with Gasteiger partial charge < -0.3 is 14.4 Å². The number of hydrogen-bond acceptors (Lipinski definition) is 4. The summed E-state index contributed by atoms with van der Waals surface area (Å²) in [6.07, 6.45) is 5.79. The predicted molar refractivity (Wildman–Crippen MR) is 76.1 cm³/mol. The Morgan fingerprint density at radius 3 is 2.40 bits per heavy atom. The summed E-state index contributed by atoms with van der Waals surface area (Å²) < 4.78 is 5.12. The maximum absolute atomic E-state index is 12.1. The van der Waals surface area contributed by atoms with Gasteiger partial charge in [0.1, 0.15) is 0 Å². The highest BCUT2D eigenvalue weighted by atomic mass is 32.2. The van der Waals surface area contributed by atoms with Crippen LogP contribution in [0.3, 0.4) is 0 Å². The monoisotopic (exact) mass is 297 g/mol. The summed E-state index contributed by atoms with van der Waals surface area (Å²) in [4.78, 5) is 24.7. The average molecular weight is 297 g/mol. The molecule has 2 rings (SSSR count). The molecule has 0 aromatic carbocycles. The van der Waals surface area contributed by atoms with Crippen molar-refractivity contribution in [3.63, 3.8) is 0 Å². The molecule has 1 aliphatic rings. The number of hydrogen-bond donors (Lipinski definition) is 1. The van der Waals surface area contributed by atoms with Crippen molar-refractivity contribution in [2.75, 3.05) is 18.8 Å². The number of aromatic carboxylic acids is 1. The van der Waals surface area contributed by atoms with Gasteiger partial charge in [-0.2, -0.15) is 0 Å². The summed E-state index contributed by atoms with van der Waals surface area (Å²) in [6.45, 7) is 1.66. The van der Waals surface area contributed by atoms with E-state index in [1.165, 1.54) is 37.1 Å². The molecule has 0 unspecified atom stereocenters. The number of thioether (sulfide) groups is 1. The molecule has 1 aliphatic heterocycles. The van der Waals surface area contributed by atoms with Gasteiger partial charge in [0.25, 0.3) is 0 Å². The minimum absolute atomic E-state index is 0.0915. The number of likely N-dealkylation sites (tertiary alicyclic amines) is 1. The molecule has 110 valence electrons. The first-order valence-electron chi connectivity index (χ1n) is 6.90. The van der Waals surface area contributed by atoms with E-state index in [1.54, 1.807) is 6.07 Å². The lowest BCUT2D eigenvalue weighted by Crippen LogP contribution is -2.35. The second-order valence-corrected chi connectivity index (χ2v) is 5.84. The van der Waals surface area contributed by atoms with Gasteiger partial charge in [-0.1, -0.05) is 31.0 Å². The number of rotatable bonds is 4. The highest BCUT2D eigenvalue weighted by molar-refractivity contribution is 7.99. The first-order chi connectivity index (χ1) is 9.66. The van der Waals surface area contributed by atoms with Gasteiger partial charge >= 0.3 is 5.97 Å². The largest absolute Gasteiger partial charge is 0.475 e. The highest BCUT2D eigenvalue weighted by Crippen LogP contribution is 2.22. The van der Waals surface area contributed by atoms with Crippen LogP contribution in [0.25, 0.3) is 0 Å². The third-order valence-electron chi connectivity index (χ3n) is 3.34. The first kappa shape index (κ1) is 15.0. The molecule has 5 nitrogen and oxygen atoms in total. The Morgan fingerprint density at radius 2 is 1.80 bits per heavy atom. The second-order valence-electron chi connectivity index (χ2n) is 4.86. The molecule has 2 heterocycles. The van der Waals surface area contributed by atoms with E-state index in [9.17, 15) is 9.59 Å². The Bertz CT molecular complexity index is 463. The molecule has 0 saturated carbocycles. The fourth-order valence-corrected chi connectivity index (χ4v) is 2.99. The molecule has 1 N–H and O–H groups in total. The van der Waals surface area contributed by atoms with E-state index in [0.29, 0.717) is 10.8 Å². The predicted octanol–water partition coefficient (Wildman–Crippen LogP) is 2.86. The number of nitrogens with zero attached hydrogens (tertiary/aromatic N) is 1. The van der Waals surface area contributed by atoms with Gasteiger partial charge in [0.15, 0.2) is 5.09 Å². The number of amides is 1. The van der Waals surface area contributed by atoms with E-state index in [2.05, 4.69) is 0 Å². The van der Waals surface area contributed by atoms with Crippen molar-refractivity contribution in [3.8, 4) is 0 Å². The molecule has 0 spiro atoms. The fourth-order valence-electron chi connectivity index (χ4n) is 2.23. The molecule has 0 aliphatic carbocycles. The van der Waals surface area contributed by atoms with Crippen LogP contribution in [0.5, 0.6) is 0 Å². The van der Waals surface area contributed by atoms with Crippen LogP contribution in [0.15, 0.2) is 21.6 Å². The van der Waals surface area contributed by atoms with Gasteiger partial charge in [-0.3, -0.25) is 4.79 Å². The number of carboxylic acids is 1. The molecule has 0 atom stereocenters. The quantitative estimate of drug-likeness (QED) is 0.865. The SMILES string of the molecule is O=C(O)c1ccc(SCC(=O)N2CCCCCCC2)o1. The van der Waals surface area contributed by atoms with Crippen molar-refractivity contribution in [1.29, 1.82) is 0 Å². The van der Waals surface area contributed by atoms with Crippen LogP contribution in [-0.4, -0.2) is 40.7 Å². The number of furan rings is 1. The summed E-state index contributed by atoms with van der Waals surface area (Å²) in [7, 11) is 0. The Morgan fingerprint density at radius 1 is 1.15 bits per heavy atom. The molecule has 1 saturated heterocycles. The fraction of sp³-hybridized carbons (Fsp3) is 0.571. The second kappa shape index (κ2) is 7.38. The van der Waals surface area contributed by atoms with Gasteiger partial charge in [0.05, 0.1) is 5.75 Å². The Balaban J connectivity index is 1.82. The van der Waals surface area contributed by atoms with E-state index in [-0.39, 0.29) is 11.7 Å². The lowest BCUT2D eigenvalue weighted by Gasteiger charge is -2.24. The summed E-state index contributed by atoms with van der Waals surface area (Å²) in [5, 5.41) is 9.23. The van der Waals surface area contributed by atoms with Gasteiger partial charge in [-0.15, -0.1) is 0 Å². The average Bonchev–Trinajstić information content (AvgIpc) is 2.84. The zero-order valence-corrected chi connectivity index (χ0v) is 12.2. The molecule has 6 heteroatoms. The Hall–Kier alpha value is -1.43. The van der Waals surface area contributed by atoms with Crippen LogP contribution in [-0.2, 0) is 4.79 Å². The van der Waals surface area contributed by atoms with Crippen LogP contribution < -0.4 is 0 Å². The third kappa shape index (κ3) is 4.30. The topological polar surface area (TPSA) is 70.8 Å². The number of carboxylic acid groups (broad SMARTS) is 1. The molecule has 20 heavy (non-hydrogen) atoms. The van der Waals surface area contributed by atoms with Crippen LogP contribution >= 0.6 is 11.8 Å². The minimum Gasteiger partial charge on any atom is -0.475 e. The van der Waals surface area contributed by atoms with Crippen molar-refractivity contribution in [1.82, 2.24) is 4.90 Å². The molecular formula is C14H19NO4S. The maximum atomic E-state index is 12.1. The smallest absolute Gasteiger partial charge is 0.371 e. The number of carbonyl (C=O) groups is 2. The summed E-state index contributed by atoms with van der Waals surface area (Å²) >= 11 is 1.25. The lowest BCUT2D eigenvalue weighted by molar-refractivity contribution is -0.128. The van der Waals surface area contributed by atoms with E-state index in [4.69, 9.17) is 9.52 Å². The van der Waals surface area contributed by atoms with Crippen LogP contribution in [0, 0.1) is 0 Å². The van der Waals surface area contributed by atoms with Crippen molar-refractivity contribution < 1.29 is 19.1 Å². The summed E-state index contributed by atoms with van der Waals surface area (Å²) in [6, 6.07) is 3.00. The first-order valence-corrected chi connectivity index (χ1v) is 7.89. The number of carbonyl (C=O) groups excluding carboxylic acids is 1. The van der Waals surface area contributed by atoms with E-state index in [0.717, 1.165) is 25.9 Å². The van der Waals surface area contributed by atoms with Gasteiger partial charge in [-0.05, 0) is 25.0 Å². The van der Waals surface area contributed by atoms with Crippen molar-refractivity contribution >= 4 is 23.6 Å². The molecule has 1 aromatic heterocycles. The molecule has 0 bridgehead atoms. The lowest BCUT2D eigenvalue weighted by atomic mass is 10.1. The molecular weight excluding hydrogens is 278 g/mol.